The molecule has 1 aliphatic rings. The van der Waals surface area contributed by atoms with E-state index in [-0.39, 0.29) is 11.6 Å². The molecular formula is C17H34N2O3. The molecule has 0 aromatic carbocycles. The lowest BCUT2D eigenvalue weighted by Crippen LogP contribution is -2.49. The highest BCUT2D eigenvalue weighted by atomic mass is 16.6. The zero-order valence-corrected chi connectivity index (χ0v) is 15.1. The molecule has 130 valence electrons. The molecule has 2 atom stereocenters. The van der Waals surface area contributed by atoms with Gasteiger partial charge in [-0.1, -0.05) is 27.2 Å². The van der Waals surface area contributed by atoms with Crippen LogP contribution in [0.1, 0.15) is 60.8 Å². The molecule has 0 saturated heterocycles. The van der Waals surface area contributed by atoms with E-state index in [1.54, 1.807) is 0 Å². The van der Waals surface area contributed by atoms with Gasteiger partial charge in [-0.05, 0) is 33.6 Å². The van der Waals surface area contributed by atoms with Gasteiger partial charge in [-0.3, -0.25) is 0 Å². The third-order valence-corrected chi connectivity index (χ3v) is 3.77. The van der Waals surface area contributed by atoms with Gasteiger partial charge in [-0.25, -0.2) is 4.79 Å². The number of unbranched alkanes of at least 4 members (excludes halogenated alkanes) is 1. The fraction of sp³-hybridized carbons (Fsp3) is 0.941. The Morgan fingerprint density at radius 3 is 2.59 bits per heavy atom. The van der Waals surface area contributed by atoms with E-state index in [1.807, 2.05) is 20.8 Å². The van der Waals surface area contributed by atoms with Gasteiger partial charge in [0.05, 0.1) is 12.1 Å². The van der Waals surface area contributed by atoms with Crippen molar-refractivity contribution in [2.75, 3.05) is 19.8 Å². The lowest BCUT2D eigenvalue weighted by atomic mass is 10.2. The third kappa shape index (κ3) is 6.97. The molecule has 0 aromatic rings. The average molecular weight is 314 g/mol. The van der Waals surface area contributed by atoms with E-state index in [9.17, 15) is 4.79 Å². The Hall–Kier alpha value is -0.810. The van der Waals surface area contributed by atoms with Crippen LogP contribution in [0, 0.1) is 5.92 Å². The molecule has 1 amide bonds. The topological polar surface area (TPSA) is 59.6 Å². The molecule has 22 heavy (non-hydrogen) atoms. The maximum Gasteiger partial charge on any atom is 0.408 e. The molecule has 0 radical (unpaired) electrons. The molecule has 1 rings (SSSR count). The van der Waals surface area contributed by atoms with Gasteiger partial charge in [0.2, 0.25) is 0 Å². The fourth-order valence-corrected chi connectivity index (χ4v) is 2.38. The first kappa shape index (κ1) is 19.2. The molecule has 0 unspecified atom stereocenters. The molecule has 0 bridgehead atoms. The summed E-state index contributed by atoms with van der Waals surface area (Å²) >= 11 is 0. The molecule has 2 N–H and O–H groups in total. The highest BCUT2D eigenvalue weighted by Gasteiger charge is 2.55. The third-order valence-electron chi connectivity index (χ3n) is 3.77. The van der Waals surface area contributed by atoms with Crippen LogP contribution in [0.2, 0.25) is 0 Å². The second-order valence-electron chi connectivity index (χ2n) is 7.65. The molecule has 0 spiro atoms. The lowest BCUT2D eigenvalue weighted by Gasteiger charge is -2.25. The number of carbonyl (C=O) groups is 1. The van der Waals surface area contributed by atoms with Crippen LogP contribution in [0.5, 0.6) is 0 Å². The Morgan fingerprint density at radius 1 is 1.36 bits per heavy atom. The van der Waals surface area contributed by atoms with E-state index < -0.39 is 5.60 Å². The summed E-state index contributed by atoms with van der Waals surface area (Å²) in [5.41, 5.74) is -0.697. The number of nitrogens with one attached hydrogen (secondary N) is 2. The Morgan fingerprint density at radius 2 is 2.05 bits per heavy atom. The Bertz CT molecular complexity index is 352. The van der Waals surface area contributed by atoms with E-state index in [2.05, 4.69) is 31.4 Å². The van der Waals surface area contributed by atoms with Crippen LogP contribution in [0.25, 0.3) is 0 Å². The molecular weight excluding hydrogens is 280 g/mol. The molecule has 5 heteroatoms. The molecule has 1 aliphatic carbocycles. The Labute approximate surface area is 135 Å². The molecule has 0 heterocycles. The number of rotatable bonds is 9. The van der Waals surface area contributed by atoms with Gasteiger partial charge < -0.3 is 20.1 Å². The highest BCUT2D eigenvalue weighted by Crippen LogP contribution is 2.43. The summed E-state index contributed by atoms with van der Waals surface area (Å²) in [4.78, 5) is 12.1. The van der Waals surface area contributed by atoms with Crippen molar-refractivity contribution in [3.63, 3.8) is 0 Å². The highest BCUT2D eigenvalue weighted by molar-refractivity contribution is 5.69. The molecule has 1 fully saturated rings. The predicted octanol–water partition coefficient (Wildman–Crippen LogP) is 3.08. The van der Waals surface area contributed by atoms with E-state index in [4.69, 9.17) is 9.47 Å². The van der Waals surface area contributed by atoms with Gasteiger partial charge in [-0.15, -0.1) is 0 Å². The summed E-state index contributed by atoms with van der Waals surface area (Å²) < 4.78 is 11.1. The minimum absolute atomic E-state index is 0.223. The summed E-state index contributed by atoms with van der Waals surface area (Å²) in [5, 5.41) is 6.49. The van der Waals surface area contributed by atoms with Crippen molar-refractivity contribution in [3.8, 4) is 0 Å². The zero-order valence-electron chi connectivity index (χ0n) is 15.1. The van der Waals surface area contributed by atoms with Crippen molar-refractivity contribution in [2.45, 2.75) is 78.0 Å². The number of hydrogen-bond donors (Lipinski definition) is 2. The lowest BCUT2D eigenvalue weighted by molar-refractivity contribution is 0.0477. The van der Waals surface area contributed by atoms with Crippen molar-refractivity contribution in [1.82, 2.24) is 10.6 Å². The van der Waals surface area contributed by atoms with Crippen LogP contribution in [0.3, 0.4) is 0 Å². The summed E-state index contributed by atoms with van der Waals surface area (Å²) in [6.07, 6.45) is 2.83. The number of amides is 1. The van der Waals surface area contributed by atoms with Crippen LogP contribution in [-0.4, -0.2) is 43.0 Å². The molecule has 0 aliphatic heterocycles. The van der Waals surface area contributed by atoms with Gasteiger partial charge in [0.25, 0.3) is 0 Å². The number of ether oxygens (including phenoxy) is 2. The Balaban J connectivity index is 2.49. The maximum absolute atomic E-state index is 12.1. The first-order valence-electron chi connectivity index (χ1n) is 8.51. The van der Waals surface area contributed by atoms with E-state index in [1.165, 1.54) is 0 Å². The second kappa shape index (κ2) is 8.16. The summed E-state index contributed by atoms with van der Waals surface area (Å²) in [5.74, 6) is 0.364. The van der Waals surface area contributed by atoms with Gasteiger partial charge in [0.1, 0.15) is 5.60 Å². The van der Waals surface area contributed by atoms with E-state index >= 15 is 0 Å². The standard InChI is InChI=1S/C17H34N2O3/c1-7-8-9-21-11-14-10-17(14,12-18-13(2)3)19-15(20)22-16(4,5)6/h13-14,18H,7-12H2,1-6H3,(H,19,20)/t14-,17+/m0/s1. The first-order valence-corrected chi connectivity index (χ1v) is 8.51. The van der Waals surface area contributed by atoms with Crippen molar-refractivity contribution in [2.24, 2.45) is 5.92 Å². The van der Waals surface area contributed by atoms with Gasteiger partial charge in [-0.2, -0.15) is 0 Å². The smallest absolute Gasteiger partial charge is 0.408 e. The SMILES string of the molecule is CCCCOC[C@@H]1C[C@]1(CNC(C)C)NC(=O)OC(C)(C)C. The van der Waals surface area contributed by atoms with Crippen LogP contribution in [0.4, 0.5) is 4.79 Å². The van der Waals surface area contributed by atoms with E-state index in [0.29, 0.717) is 18.6 Å². The Kier molecular flexibility index (Phi) is 7.13. The van der Waals surface area contributed by atoms with Crippen LogP contribution < -0.4 is 10.6 Å². The zero-order chi connectivity index (χ0) is 16.8. The normalized spacial score (nSPS) is 24.4. The number of hydrogen-bond acceptors (Lipinski definition) is 4. The van der Waals surface area contributed by atoms with Gasteiger partial charge in [0, 0.05) is 25.1 Å². The second-order valence-corrected chi connectivity index (χ2v) is 7.65. The van der Waals surface area contributed by atoms with Crippen LogP contribution in [0.15, 0.2) is 0 Å². The number of alkyl carbamates (subject to hydrolysis) is 1. The predicted molar refractivity (Wildman–Crippen MR) is 89.1 cm³/mol. The van der Waals surface area contributed by atoms with Crippen molar-refractivity contribution in [3.05, 3.63) is 0 Å². The van der Waals surface area contributed by atoms with Crippen molar-refractivity contribution < 1.29 is 14.3 Å². The molecule has 0 aromatic heterocycles. The quantitative estimate of drug-likeness (QED) is 0.642. The largest absolute Gasteiger partial charge is 0.444 e. The van der Waals surface area contributed by atoms with Crippen LogP contribution >= 0.6 is 0 Å². The summed E-state index contributed by atoms with van der Waals surface area (Å²) in [6, 6.07) is 0.388. The average Bonchev–Trinajstić information content (AvgIpc) is 3.03. The minimum Gasteiger partial charge on any atom is -0.444 e. The molecule has 5 nitrogen and oxygen atoms in total. The maximum atomic E-state index is 12.1. The fourth-order valence-electron chi connectivity index (χ4n) is 2.38. The van der Waals surface area contributed by atoms with Crippen LogP contribution in [-0.2, 0) is 9.47 Å². The first-order chi connectivity index (χ1) is 10.2. The van der Waals surface area contributed by atoms with Gasteiger partial charge >= 0.3 is 6.09 Å². The monoisotopic (exact) mass is 314 g/mol. The summed E-state index contributed by atoms with van der Waals surface area (Å²) in [7, 11) is 0. The minimum atomic E-state index is -0.473. The van der Waals surface area contributed by atoms with Crippen molar-refractivity contribution >= 4 is 6.09 Å². The molecule has 1 saturated carbocycles. The number of carbonyl (C=O) groups excluding carboxylic acids is 1. The van der Waals surface area contributed by atoms with Gasteiger partial charge in [0.15, 0.2) is 0 Å². The van der Waals surface area contributed by atoms with E-state index in [0.717, 1.165) is 32.4 Å². The van der Waals surface area contributed by atoms with Crippen molar-refractivity contribution in [1.29, 1.82) is 0 Å². The summed E-state index contributed by atoms with van der Waals surface area (Å²) in [6.45, 7) is 14.3.